The summed E-state index contributed by atoms with van der Waals surface area (Å²) >= 11 is 0. The van der Waals surface area contributed by atoms with Crippen LogP contribution in [0.2, 0.25) is 0 Å². The van der Waals surface area contributed by atoms with Crippen molar-refractivity contribution in [3.63, 3.8) is 0 Å². The normalized spacial score (nSPS) is 15.0. The van der Waals surface area contributed by atoms with Gasteiger partial charge in [0.25, 0.3) is 15.5 Å². The van der Waals surface area contributed by atoms with Crippen LogP contribution >= 0.6 is 0 Å². The second-order valence-corrected chi connectivity index (χ2v) is 7.57. The molecule has 1 aliphatic carbocycles. The van der Waals surface area contributed by atoms with Crippen molar-refractivity contribution < 1.29 is 26.5 Å². The Bertz CT molecular complexity index is 953. The fraction of sp³-hybridized carbons (Fsp3) is 0.385. The molecular weight excluding hydrogens is 379 g/mol. The standard InChI is InChI=1S/C13H12F3N5O4S/c14-13(15,16)26(24,25)9-3-4-10(11(5-9)21(22)23)17-6-12-19-18-7-20(12)8-1-2-8/h3-5,7-8,17H,1-2,6H2. The Morgan fingerprint density at radius 2 is 2.04 bits per heavy atom. The van der Waals surface area contributed by atoms with E-state index in [1.807, 2.05) is 0 Å². The summed E-state index contributed by atoms with van der Waals surface area (Å²) in [7, 11) is -5.68. The molecule has 1 aromatic carbocycles. The number of nitro groups is 1. The molecule has 3 rings (SSSR count). The number of halogens is 3. The van der Waals surface area contributed by atoms with Crippen LogP contribution in [0.15, 0.2) is 29.4 Å². The highest BCUT2D eigenvalue weighted by Crippen LogP contribution is 2.36. The summed E-state index contributed by atoms with van der Waals surface area (Å²) in [6.45, 7) is 0.0444. The lowest BCUT2D eigenvalue weighted by Gasteiger charge is -2.11. The number of aromatic nitrogens is 3. The average molecular weight is 391 g/mol. The first-order chi connectivity index (χ1) is 12.1. The van der Waals surface area contributed by atoms with Gasteiger partial charge in [0.05, 0.1) is 16.4 Å². The molecule has 140 valence electrons. The topological polar surface area (TPSA) is 120 Å². The maximum Gasteiger partial charge on any atom is 0.501 e. The van der Waals surface area contributed by atoms with Crippen molar-refractivity contribution in [3.05, 3.63) is 40.5 Å². The zero-order chi connectivity index (χ0) is 19.1. The van der Waals surface area contributed by atoms with E-state index in [4.69, 9.17) is 0 Å². The van der Waals surface area contributed by atoms with Crippen LogP contribution in [-0.4, -0.2) is 33.6 Å². The molecule has 2 aromatic rings. The van der Waals surface area contributed by atoms with Crippen molar-refractivity contribution in [2.75, 3.05) is 5.32 Å². The summed E-state index contributed by atoms with van der Waals surface area (Å²) in [6.07, 6.45) is 3.46. The average Bonchev–Trinajstić information content (AvgIpc) is 3.30. The van der Waals surface area contributed by atoms with E-state index < -0.39 is 30.9 Å². The smallest absolute Gasteiger partial charge is 0.372 e. The van der Waals surface area contributed by atoms with Gasteiger partial charge >= 0.3 is 5.51 Å². The molecule has 1 N–H and O–H groups in total. The van der Waals surface area contributed by atoms with Gasteiger partial charge in [-0.25, -0.2) is 8.42 Å². The molecule has 0 amide bonds. The zero-order valence-electron chi connectivity index (χ0n) is 13.0. The second-order valence-electron chi connectivity index (χ2n) is 5.62. The van der Waals surface area contributed by atoms with Gasteiger partial charge in [-0.1, -0.05) is 0 Å². The maximum absolute atomic E-state index is 12.6. The van der Waals surface area contributed by atoms with E-state index >= 15 is 0 Å². The van der Waals surface area contributed by atoms with Gasteiger partial charge in [-0.05, 0) is 25.0 Å². The fourth-order valence-electron chi connectivity index (χ4n) is 2.34. The van der Waals surface area contributed by atoms with E-state index in [2.05, 4.69) is 15.5 Å². The Morgan fingerprint density at radius 3 is 2.62 bits per heavy atom. The lowest BCUT2D eigenvalue weighted by Crippen LogP contribution is -2.23. The Kier molecular flexibility index (Phi) is 4.34. The summed E-state index contributed by atoms with van der Waals surface area (Å²) in [5.74, 6) is 0.508. The van der Waals surface area contributed by atoms with Crippen LogP contribution < -0.4 is 5.32 Å². The van der Waals surface area contributed by atoms with E-state index in [1.54, 1.807) is 4.57 Å². The molecule has 9 nitrogen and oxygen atoms in total. The first kappa shape index (κ1) is 18.1. The molecule has 1 aliphatic rings. The predicted octanol–water partition coefficient (Wildman–Crippen LogP) is 2.43. The Morgan fingerprint density at radius 1 is 1.35 bits per heavy atom. The Balaban J connectivity index is 1.88. The number of alkyl halides is 3. The highest BCUT2D eigenvalue weighted by Gasteiger charge is 2.47. The summed E-state index contributed by atoms with van der Waals surface area (Å²) in [6, 6.07) is 2.26. The zero-order valence-corrected chi connectivity index (χ0v) is 13.8. The molecule has 0 radical (unpaired) electrons. The van der Waals surface area contributed by atoms with Crippen LogP contribution in [0.5, 0.6) is 0 Å². The van der Waals surface area contributed by atoms with E-state index in [0.717, 1.165) is 18.9 Å². The minimum atomic E-state index is -5.68. The fourth-order valence-corrected chi connectivity index (χ4v) is 3.12. The molecule has 1 fully saturated rings. The molecule has 0 unspecified atom stereocenters. The molecule has 0 saturated heterocycles. The van der Waals surface area contributed by atoms with E-state index in [9.17, 15) is 31.7 Å². The molecule has 1 heterocycles. The van der Waals surface area contributed by atoms with Crippen molar-refractivity contribution in [3.8, 4) is 0 Å². The molecule has 26 heavy (non-hydrogen) atoms. The van der Waals surface area contributed by atoms with Crippen LogP contribution in [0.3, 0.4) is 0 Å². The summed E-state index contributed by atoms with van der Waals surface area (Å²) in [4.78, 5) is 9.01. The predicted molar refractivity (Wildman–Crippen MR) is 82.0 cm³/mol. The molecule has 0 atom stereocenters. The highest BCUT2D eigenvalue weighted by atomic mass is 32.2. The molecule has 1 saturated carbocycles. The number of benzene rings is 1. The van der Waals surface area contributed by atoms with Crippen LogP contribution in [0, 0.1) is 10.1 Å². The third-order valence-corrected chi connectivity index (χ3v) is 5.29. The van der Waals surface area contributed by atoms with Gasteiger partial charge < -0.3 is 9.88 Å². The van der Waals surface area contributed by atoms with Gasteiger partial charge in [0.15, 0.2) is 5.82 Å². The van der Waals surface area contributed by atoms with Gasteiger partial charge in [0.2, 0.25) is 0 Å². The molecule has 0 aliphatic heterocycles. The summed E-state index contributed by atoms with van der Waals surface area (Å²) in [5.41, 5.74) is -6.45. The van der Waals surface area contributed by atoms with Crippen molar-refractivity contribution in [2.45, 2.75) is 35.8 Å². The highest BCUT2D eigenvalue weighted by molar-refractivity contribution is 7.92. The Labute approximate surface area is 144 Å². The van der Waals surface area contributed by atoms with Crippen LogP contribution in [-0.2, 0) is 16.4 Å². The van der Waals surface area contributed by atoms with Crippen molar-refractivity contribution in [1.29, 1.82) is 0 Å². The third kappa shape index (κ3) is 3.34. The monoisotopic (exact) mass is 391 g/mol. The van der Waals surface area contributed by atoms with Gasteiger partial charge in [0.1, 0.15) is 12.0 Å². The van der Waals surface area contributed by atoms with Crippen molar-refractivity contribution in [2.24, 2.45) is 0 Å². The number of sulfone groups is 1. The third-order valence-electron chi connectivity index (χ3n) is 3.81. The van der Waals surface area contributed by atoms with Crippen LogP contribution in [0.25, 0.3) is 0 Å². The largest absolute Gasteiger partial charge is 0.501 e. The van der Waals surface area contributed by atoms with Crippen LogP contribution in [0.1, 0.15) is 24.7 Å². The molecule has 13 heteroatoms. The summed E-state index contributed by atoms with van der Waals surface area (Å²) < 4.78 is 62.5. The number of nitro benzene ring substituents is 1. The number of hydrogen-bond acceptors (Lipinski definition) is 7. The molecule has 1 aromatic heterocycles. The van der Waals surface area contributed by atoms with E-state index in [-0.39, 0.29) is 18.3 Å². The minimum absolute atomic E-state index is 0.0444. The van der Waals surface area contributed by atoms with Crippen molar-refractivity contribution in [1.82, 2.24) is 14.8 Å². The van der Waals surface area contributed by atoms with Crippen LogP contribution in [0.4, 0.5) is 24.5 Å². The van der Waals surface area contributed by atoms with Gasteiger partial charge in [-0.3, -0.25) is 10.1 Å². The first-order valence-corrected chi connectivity index (χ1v) is 8.81. The second kappa shape index (κ2) is 6.23. The molecule has 0 bridgehead atoms. The SMILES string of the molecule is O=[N+]([O-])c1cc(S(=O)(=O)C(F)(F)F)ccc1NCc1nncn1C1CC1. The van der Waals surface area contributed by atoms with E-state index in [0.29, 0.717) is 18.0 Å². The molecule has 0 spiro atoms. The minimum Gasteiger partial charge on any atom is -0.372 e. The van der Waals surface area contributed by atoms with Gasteiger partial charge in [-0.2, -0.15) is 13.2 Å². The van der Waals surface area contributed by atoms with Crippen molar-refractivity contribution >= 4 is 21.2 Å². The number of nitrogens with zero attached hydrogens (tertiary/aromatic N) is 4. The van der Waals surface area contributed by atoms with E-state index in [1.165, 1.54) is 6.33 Å². The quantitative estimate of drug-likeness (QED) is 0.593. The Hall–Kier alpha value is -2.70. The first-order valence-electron chi connectivity index (χ1n) is 7.33. The lowest BCUT2D eigenvalue weighted by molar-refractivity contribution is -0.384. The number of hydrogen-bond donors (Lipinski definition) is 1. The molecular formula is C13H12F3N5O4S. The van der Waals surface area contributed by atoms with Gasteiger partial charge in [-0.15, -0.1) is 10.2 Å². The lowest BCUT2D eigenvalue weighted by atomic mass is 10.2. The number of nitrogens with one attached hydrogen (secondary N) is 1. The number of rotatable bonds is 6. The summed E-state index contributed by atoms with van der Waals surface area (Å²) in [5, 5.41) is 21.5. The maximum atomic E-state index is 12.6. The number of anilines is 1. The van der Waals surface area contributed by atoms with Gasteiger partial charge in [0, 0.05) is 12.1 Å².